The third-order valence-corrected chi connectivity index (χ3v) is 17.8. The van der Waals surface area contributed by atoms with Crippen molar-refractivity contribution in [1.29, 1.82) is 5.26 Å². The summed E-state index contributed by atoms with van der Waals surface area (Å²) in [5.41, 5.74) is 3.78. The van der Waals surface area contributed by atoms with E-state index in [4.69, 9.17) is 16.3 Å². The molecule has 19 heteroatoms. The first kappa shape index (κ1) is 57.6. The molecule has 7 atom stereocenters. The maximum atomic E-state index is 14.8. The van der Waals surface area contributed by atoms with Crippen LogP contribution in [0, 0.1) is 23.7 Å². The number of ether oxygens (including phenoxy) is 1. The molecule has 4 aliphatic heterocycles. The Hall–Kier alpha value is -6.13. The smallest absolute Gasteiger partial charge is 0.258 e. The molecule has 16 nitrogen and oxygen atoms in total. The van der Waals surface area contributed by atoms with E-state index < -0.39 is 53.0 Å². The Morgan fingerprint density at radius 2 is 1.59 bits per heavy atom. The van der Waals surface area contributed by atoms with Crippen molar-refractivity contribution in [2.45, 2.75) is 159 Å². The predicted octanol–water partition coefficient (Wildman–Crippen LogP) is 8.29. The summed E-state index contributed by atoms with van der Waals surface area (Å²) in [5, 5.41) is 29.1. The Morgan fingerprint density at radius 1 is 0.911 bits per heavy atom. The van der Waals surface area contributed by atoms with Gasteiger partial charge < -0.3 is 40.5 Å². The summed E-state index contributed by atoms with van der Waals surface area (Å²) in [6.07, 6.45) is 7.54. The summed E-state index contributed by atoms with van der Waals surface area (Å²) in [6, 6.07) is 20.3. The van der Waals surface area contributed by atoms with Gasteiger partial charge in [0, 0.05) is 87.9 Å². The van der Waals surface area contributed by atoms with Crippen LogP contribution in [0.2, 0.25) is 5.02 Å². The van der Waals surface area contributed by atoms with Crippen LogP contribution in [0.15, 0.2) is 72.2 Å². The topological polar surface area (TPSA) is 201 Å². The van der Waals surface area contributed by atoms with E-state index >= 15 is 0 Å². The van der Waals surface area contributed by atoms with Gasteiger partial charge in [-0.3, -0.25) is 28.9 Å². The number of thiazole rings is 1. The minimum atomic E-state index is -2.00. The fraction of sp³-hybridized carbons (Fsp3) is 0.550. The standard InChI is InChI=1S/C60H75ClFN9O7S/c1-38-53(79-37-65-38)40-12-10-39(11-13-40)50(66-55(74)51-32-46(72)36-70(51)57(76)54(59(2,3)4)67-58(77)60(62)22-23-60)34-52(73)64-24-8-6-5-7-9-25-68-26-28-69(29-27-68)43-17-14-41(15-18-43)56(75)71-44-19-20-45(71)31-48(30-44)78-47-21-16-42(35-63)49(61)33-47/h10-18,21,33,37,44-46,48,50-51,54,72H,5-9,19-20,22-32,34,36H2,1-4H3,(H,64,73)(H,66,74)(H,67,77)/t44-,45+,46-,48?,50+,51+,54-/m1/s1. The molecule has 1 saturated carbocycles. The van der Waals surface area contributed by atoms with Crippen LogP contribution in [0.3, 0.4) is 0 Å². The molecular formula is C60H75ClFN9O7S. The van der Waals surface area contributed by atoms with Gasteiger partial charge in [0.15, 0.2) is 5.67 Å². The van der Waals surface area contributed by atoms with E-state index in [-0.39, 0.29) is 62.2 Å². The molecule has 5 aliphatic rings. The second kappa shape index (κ2) is 25.1. The van der Waals surface area contributed by atoms with Crippen LogP contribution in [0.25, 0.3) is 10.4 Å². The first-order valence-electron chi connectivity index (χ1n) is 28.2. The Kier molecular flexibility index (Phi) is 18.3. The van der Waals surface area contributed by atoms with Crippen molar-refractivity contribution < 1.29 is 38.2 Å². The van der Waals surface area contributed by atoms with Gasteiger partial charge in [-0.05, 0) is 105 Å². The number of halogens is 2. The van der Waals surface area contributed by atoms with Crippen molar-refractivity contribution in [3.8, 4) is 22.3 Å². The van der Waals surface area contributed by atoms with Crippen molar-refractivity contribution >= 4 is 58.2 Å². The van der Waals surface area contributed by atoms with Gasteiger partial charge in [-0.1, -0.05) is 75.9 Å². The first-order valence-corrected chi connectivity index (χ1v) is 29.5. The first-order chi connectivity index (χ1) is 37.9. The molecule has 0 spiro atoms. The number of likely N-dealkylation sites (tertiary alicyclic amines) is 1. The number of nitrogens with zero attached hydrogens (tertiary/aromatic N) is 6. The lowest BCUT2D eigenvalue weighted by atomic mass is 9.85. The number of hydrogen-bond acceptors (Lipinski definition) is 12. The minimum Gasteiger partial charge on any atom is -0.490 e. The van der Waals surface area contributed by atoms with E-state index in [9.17, 15) is 38.7 Å². The predicted molar refractivity (Wildman–Crippen MR) is 302 cm³/mol. The third kappa shape index (κ3) is 14.1. The van der Waals surface area contributed by atoms with Crippen LogP contribution >= 0.6 is 22.9 Å². The quantitative estimate of drug-likeness (QED) is 0.0586. The molecule has 5 fully saturated rings. The molecule has 1 aromatic heterocycles. The number of alkyl halides is 1. The second-order valence-electron chi connectivity index (χ2n) is 23.3. The van der Waals surface area contributed by atoms with Crippen LogP contribution in [-0.4, -0.2) is 142 Å². The normalized spacial score (nSPS) is 22.4. The summed E-state index contributed by atoms with van der Waals surface area (Å²) in [5.74, 6) is -1.46. The van der Waals surface area contributed by atoms with Crippen LogP contribution in [0.1, 0.15) is 137 Å². The van der Waals surface area contributed by atoms with Gasteiger partial charge >= 0.3 is 0 Å². The molecule has 4 aromatic rings. The lowest BCUT2D eigenvalue weighted by molar-refractivity contribution is -0.145. The highest BCUT2D eigenvalue weighted by Gasteiger charge is 2.53. The van der Waals surface area contributed by atoms with Gasteiger partial charge in [0.25, 0.3) is 11.8 Å². The number of nitrogens with one attached hydrogen (secondary N) is 3. The fourth-order valence-corrected chi connectivity index (χ4v) is 12.8. The van der Waals surface area contributed by atoms with E-state index in [0.717, 1.165) is 112 Å². The summed E-state index contributed by atoms with van der Waals surface area (Å²) < 4.78 is 21.1. The number of benzene rings is 3. The van der Waals surface area contributed by atoms with E-state index in [2.05, 4.69) is 53.8 Å². The molecule has 4 N–H and O–H groups in total. The highest BCUT2D eigenvalue weighted by atomic mass is 35.5. The molecule has 1 unspecified atom stereocenters. The largest absolute Gasteiger partial charge is 0.490 e. The molecule has 2 bridgehead atoms. The zero-order chi connectivity index (χ0) is 56.0. The van der Waals surface area contributed by atoms with E-state index in [0.29, 0.717) is 34.0 Å². The fourth-order valence-electron chi connectivity index (χ4n) is 11.8. The SMILES string of the molecule is Cc1ncsc1-c1ccc([C@H](CC(=O)NCCCCCCCN2CCN(c3ccc(C(=O)N4[C@@H]5CC[C@H]4CC(Oc4ccc(C#N)c(Cl)c4)C5)cc3)CC2)NC(=O)[C@@H]2C[C@@H](O)CN2C(=O)[C@@H](NC(=O)C2(F)CC2)C(C)(C)C)cc1. The van der Waals surface area contributed by atoms with Crippen molar-refractivity contribution in [3.63, 3.8) is 0 Å². The number of amides is 5. The van der Waals surface area contributed by atoms with Crippen LogP contribution in [0.5, 0.6) is 5.75 Å². The van der Waals surface area contributed by atoms with Gasteiger partial charge in [0.05, 0.1) is 45.2 Å². The highest BCUT2D eigenvalue weighted by molar-refractivity contribution is 7.13. The van der Waals surface area contributed by atoms with Gasteiger partial charge in [0.2, 0.25) is 17.7 Å². The van der Waals surface area contributed by atoms with E-state index in [1.807, 2.05) is 43.3 Å². The number of aliphatic hydroxyl groups excluding tert-OH is 1. The van der Waals surface area contributed by atoms with E-state index in [1.165, 1.54) is 16.2 Å². The Balaban J connectivity index is 0.692. The number of β-amino-alcohol motifs (C(OH)–C–C–N with tert-alkyl or cyclic N) is 1. The molecule has 3 aromatic carbocycles. The lowest BCUT2D eigenvalue weighted by Crippen LogP contribution is -2.59. The number of aryl methyl sites for hydroxylation is 1. The molecular weight excluding hydrogens is 1050 g/mol. The molecule has 9 rings (SSSR count). The Bertz CT molecular complexity index is 2850. The maximum Gasteiger partial charge on any atom is 0.258 e. The van der Waals surface area contributed by atoms with Crippen molar-refractivity contribution in [1.82, 2.24) is 35.6 Å². The third-order valence-electron chi connectivity index (χ3n) is 16.5. The van der Waals surface area contributed by atoms with Crippen molar-refractivity contribution in [2.75, 3.05) is 50.7 Å². The Labute approximate surface area is 472 Å². The number of aromatic nitrogens is 1. The number of piperidine rings is 1. The molecule has 79 heavy (non-hydrogen) atoms. The lowest BCUT2D eigenvalue weighted by Gasteiger charge is -2.39. The average Bonchev–Trinajstić information content (AvgIpc) is 3.72. The monoisotopic (exact) mass is 1120 g/mol. The number of fused-ring (bicyclic) bond motifs is 2. The minimum absolute atomic E-state index is 0.0112. The molecule has 422 valence electrons. The van der Waals surface area contributed by atoms with Gasteiger partial charge in [0.1, 0.15) is 30.0 Å². The zero-order valence-corrected chi connectivity index (χ0v) is 47.4. The number of carbonyl (C=O) groups is 5. The van der Waals surface area contributed by atoms with E-state index in [1.54, 1.807) is 44.5 Å². The maximum absolute atomic E-state index is 14.8. The summed E-state index contributed by atoms with van der Waals surface area (Å²) in [7, 11) is 0. The van der Waals surface area contributed by atoms with Crippen molar-refractivity contribution in [3.05, 3.63) is 99.6 Å². The molecule has 5 heterocycles. The number of carbonyl (C=O) groups excluding carboxylic acids is 5. The number of rotatable bonds is 21. The van der Waals surface area contributed by atoms with Crippen LogP contribution < -0.4 is 25.6 Å². The number of nitriles is 1. The molecule has 0 radical (unpaired) electrons. The number of hydrogen-bond donors (Lipinski definition) is 4. The zero-order valence-electron chi connectivity index (χ0n) is 45.9. The highest BCUT2D eigenvalue weighted by Crippen LogP contribution is 2.41. The Morgan fingerprint density at radius 3 is 2.23 bits per heavy atom. The van der Waals surface area contributed by atoms with Crippen LogP contribution in [-0.2, 0) is 19.2 Å². The molecule has 5 amide bonds. The van der Waals surface area contributed by atoms with Gasteiger partial charge in [-0.15, -0.1) is 11.3 Å². The van der Waals surface area contributed by atoms with Gasteiger partial charge in [-0.2, -0.15) is 5.26 Å². The number of unbranched alkanes of at least 4 members (excludes halogenated alkanes) is 4. The number of anilines is 1. The molecule has 1 aliphatic carbocycles. The second-order valence-corrected chi connectivity index (χ2v) is 24.6. The summed E-state index contributed by atoms with van der Waals surface area (Å²) in [4.78, 5) is 82.2. The van der Waals surface area contributed by atoms with Gasteiger partial charge in [-0.25, -0.2) is 9.37 Å². The number of aliphatic hydroxyl groups is 1. The average molecular weight is 1120 g/mol. The van der Waals surface area contributed by atoms with Crippen molar-refractivity contribution in [2.24, 2.45) is 5.41 Å². The van der Waals surface area contributed by atoms with Crippen LogP contribution in [0.4, 0.5) is 10.1 Å². The summed E-state index contributed by atoms with van der Waals surface area (Å²) >= 11 is 7.77. The summed E-state index contributed by atoms with van der Waals surface area (Å²) in [6.45, 7) is 12.4. The molecule has 4 saturated heterocycles. The number of piperazine rings is 1.